The third-order valence-electron chi connectivity index (χ3n) is 16.3. The van der Waals surface area contributed by atoms with E-state index in [9.17, 15) is 19.4 Å². The van der Waals surface area contributed by atoms with Crippen molar-refractivity contribution >= 4 is 11.5 Å². The second-order valence-electron chi connectivity index (χ2n) is 18.4. The lowest BCUT2D eigenvalue weighted by atomic mass is 9.33. The van der Waals surface area contributed by atoms with Gasteiger partial charge in [-0.1, -0.05) is 65.0 Å². The van der Waals surface area contributed by atoms with Gasteiger partial charge in [-0.3, -0.25) is 4.79 Å². The highest BCUT2D eigenvalue weighted by atomic mass is 19.1. The molecule has 1 aromatic carbocycles. The summed E-state index contributed by atoms with van der Waals surface area (Å²) in [5, 5.41) is 23.4. The number of rotatable bonds is 7. The van der Waals surface area contributed by atoms with Crippen LogP contribution in [-0.4, -0.2) is 46.2 Å². The number of benzene rings is 1. The minimum atomic E-state index is -1.81. The molecule has 264 valence electrons. The summed E-state index contributed by atoms with van der Waals surface area (Å²) >= 11 is 0. The van der Waals surface area contributed by atoms with E-state index in [2.05, 4.69) is 64.4 Å². The van der Waals surface area contributed by atoms with Gasteiger partial charge in [-0.15, -0.1) is 0 Å². The monoisotopic (exact) mass is 660 g/mol. The molecule has 0 unspecified atom stereocenters. The highest BCUT2D eigenvalue weighted by molar-refractivity contribution is 5.78. The Balaban J connectivity index is 1.18. The highest BCUT2D eigenvalue weighted by Crippen LogP contribution is 2.76. The van der Waals surface area contributed by atoms with Crippen molar-refractivity contribution in [2.24, 2.45) is 51.2 Å². The number of fused-ring (bicyclic) bond motifs is 7. The van der Waals surface area contributed by atoms with Crippen LogP contribution in [0.3, 0.4) is 0 Å². The first-order valence-electron chi connectivity index (χ1n) is 19.1. The molecule has 1 heterocycles. The number of nitrogens with zero attached hydrogens (tertiary/aromatic N) is 1. The molecule has 0 spiro atoms. The van der Waals surface area contributed by atoms with Crippen LogP contribution in [0, 0.1) is 57.1 Å². The lowest BCUT2D eigenvalue weighted by Gasteiger charge is -2.72. The molecule has 6 heteroatoms. The summed E-state index contributed by atoms with van der Waals surface area (Å²) in [7, 11) is 0. The first-order chi connectivity index (χ1) is 22.6. The van der Waals surface area contributed by atoms with E-state index < -0.39 is 12.1 Å². The van der Waals surface area contributed by atoms with Gasteiger partial charge in [-0.05, 0) is 140 Å². The first-order valence-corrected chi connectivity index (χ1v) is 19.1. The maximum atomic E-state index is 15.0. The molecule has 0 radical (unpaired) electrons. The largest absolute Gasteiger partial charge is 0.364 e. The number of nitrogens with one attached hydrogen (secondary N) is 1. The van der Waals surface area contributed by atoms with Crippen molar-refractivity contribution in [2.75, 3.05) is 19.6 Å². The van der Waals surface area contributed by atoms with Crippen LogP contribution < -0.4 is 5.32 Å². The lowest BCUT2D eigenvalue weighted by Crippen LogP contribution is -2.68. The van der Waals surface area contributed by atoms with Gasteiger partial charge in [0.1, 0.15) is 5.82 Å². The molecule has 5 aliphatic carbocycles. The van der Waals surface area contributed by atoms with E-state index in [0.717, 1.165) is 38.0 Å². The molecule has 3 N–H and O–H groups in total. The van der Waals surface area contributed by atoms with Crippen molar-refractivity contribution < 1.29 is 19.4 Å². The third kappa shape index (κ3) is 4.88. The predicted molar refractivity (Wildman–Crippen MR) is 190 cm³/mol. The standard InChI is InChI=1S/C42H61FN2O3/c1-26(2)28-14-19-42(44-22-24-45-23-8-9-35(45)46)21-20-40(6)31(36(28)42)12-13-34-39(5)17-15-30(27-10-11-29(37(47)48)32(43)25-27)38(3,4)33(39)16-18-41(34,40)7/h10-11,15,25,28,31,33-34,36-37,44,47-48H,1,8-9,12-14,16-24H2,2-7H3/t28-,31+,33-,34+,36+,39-,40+,41+,42-/m0/s1. The summed E-state index contributed by atoms with van der Waals surface area (Å²) in [5.41, 5.74) is 4.02. The molecule has 0 bridgehead atoms. The number of amides is 1. The fraction of sp³-hybridized carbons (Fsp3) is 0.738. The normalized spacial score (nSPS) is 41.8. The number of carbonyl (C=O) groups is 1. The molecule has 6 aliphatic rings. The summed E-state index contributed by atoms with van der Waals surface area (Å²) in [6.45, 7) is 22.2. The Hall–Kier alpha value is -2.02. The van der Waals surface area contributed by atoms with Gasteiger partial charge >= 0.3 is 0 Å². The van der Waals surface area contributed by atoms with Gasteiger partial charge in [0.15, 0.2) is 6.29 Å². The van der Waals surface area contributed by atoms with Crippen LogP contribution in [0.5, 0.6) is 0 Å². The smallest absolute Gasteiger partial charge is 0.222 e. The second kappa shape index (κ2) is 11.8. The fourth-order valence-electron chi connectivity index (χ4n) is 13.8. The van der Waals surface area contributed by atoms with E-state index in [1.54, 1.807) is 0 Å². The number of carbonyl (C=O) groups excluding carboxylic acids is 1. The van der Waals surface area contributed by atoms with Gasteiger partial charge in [-0.2, -0.15) is 0 Å². The number of hydrogen-bond donors (Lipinski definition) is 3. The van der Waals surface area contributed by atoms with Crippen LogP contribution in [0.4, 0.5) is 4.39 Å². The Labute approximate surface area is 288 Å². The summed E-state index contributed by atoms with van der Waals surface area (Å²) < 4.78 is 15.0. The molecule has 7 rings (SSSR count). The maximum absolute atomic E-state index is 15.0. The zero-order valence-corrected chi connectivity index (χ0v) is 30.5. The van der Waals surface area contributed by atoms with Gasteiger partial charge in [-0.25, -0.2) is 4.39 Å². The summed E-state index contributed by atoms with van der Waals surface area (Å²) in [5.74, 6) is 2.68. The molecule has 48 heavy (non-hydrogen) atoms. The van der Waals surface area contributed by atoms with Gasteiger partial charge in [0, 0.05) is 37.2 Å². The molecule has 0 aromatic heterocycles. The second-order valence-corrected chi connectivity index (χ2v) is 18.4. The Kier molecular flexibility index (Phi) is 8.44. The molecule has 5 fully saturated rings. The number of aliphatic hydroxyl groups is 2. The Morgan fingerprint density at radius 1 is 1.02 bits per heavy atom. The minimum absolute atomic E-state index is 0.0687. The van der Waals surface area contributed by atoms with E-state index in [4.69, 9.17) is 0 Å². The van der Waals surface area contributed by atoms with E-state index in [1.165, 1.54) is 74.6 Å². The van der Waals surface area contributed by atoms with Gasteiger partial charge in [0.2, 0.25) is 5.91 Å². The Bertz CT molecular complexity index is 1500. The van der Waals surface area contributed by atoms with Crippen molar-refractivity contribution in [3.63, 3.8) is 0 Å². The van der Waals surface area contributed by atoms with E-state index >= 15 is 0 Å². The lowest BCUT2D eigenvalue weighted by molar-refractivity contribution is -0.219. The minimum Gasteiger partial charge on any atom is -0.364 e. The summed E-state index contributed by atoms with van der Waals surface area (Å²) in [6, 6.07) is 4.92. The quantitative estimate of drug-likeness (QED) is 0.203. The van der Waals surface area contributed by atoms with Crippen LogP contribution in [0.1, 0.15) is 130 Å². The zero-order valence-electron chi connectivity index (χ0n) is 30.5. The number of likely N-dealkylation sites (tertiary alicyclic amines) is 1. The van der Waals surface area contributed by atoms with Crippen molar-refractivity contribution in [3.05, 3.63) is 53.4 Å². The summed E-state index contributed by atoms with van der Waals surface area (Å²) in [4.78, 5) is 14.4. The van der Waals surface area contributed by atoms with Gasteiger partial charge in [0.25, 0.3) is 0 Å². The van der Waals surface area contributed by atoms with E-state index in [-0.39, 0.29) is 32.8 Å². The number of allylic oxidation sites excluding steroid dienone is 3. The predicted octanol–water partition coefficient (Wildman–Crippen LogP) is 8.42. The molecule has 1 saturated heterocycles. The van der Waals surface area contributed by atoms with Gasteiger partial charge < -0.3 is 20.4 Å². The first kappa shape index (κ1) is 34.4. The molecule has 1 amide bonds. The molecule has 1 aromatic rings. The molecule has 1 aliphatic heterocycles. The number of aliphatic hydroxyl groups excluding tert-OH is 1. The van der Waals surface area contributed by atoms with Crippen LogP contribution >= 0.6 is 0 Å². The van der Waals surface area contributed by atoms with Crippen molar-refractivity contribution in [1.29, 1.82) is 0 Å². The van der Waals surface area contributed by atoms with Crippen molar-refractivity contribution in [3.8, 4) is 0 Å². The highest BCUT2D eigenvalue weighted by Gasteiger charge is 2.70. The molecular weight excluding hydrogens is 599 g/mol. The Morgan fingerprint density at radius 3 is 2.46 bits per heavy atom. The maximum Gasteiger partial charge on any atom is 0.222 e. The number of halogens is 1. The average Bonchev–Trinajstić information content (AvgIpc) is 3.60. The van der Waals surface area contributed by atoms with E-state index in [1.807, 2.05) is 6.07 Å². The van der Waals surface area contributed by atoms with Gasteiger partial charge in [0.05, 0.1) is 0 Å². The van der Waals surface area contributed by atoms with Crippen LogP contribution in [0.2, 0.25) is 0 Å². The van der Waals surface area contributed by atoms with E-state index in [0.29, 0.717) is 41.9 Å². The van der Waals surface area contributed by atoms with Crippen molar-refractivity contribution in [1.82, 2.24) is 10.2 Å². The molecule has 4 saturated carbocycles. The van der Waals surface area contributed by atoms with Crippen LogP contribution in [0.25, 0.3) is 5.57 Å². The average molecular weight is 661 g/mol. The molecule has 5 nitrogen and oxygen atoms in total. The third-order valence-corrected chi connectivity index (χ3v) is 16.3. The van der Waals surface area contributed by atoms with Crippen LogP contribution in [0.15, 0.2) is 36.4 Å². The zero-order chi connectivity index (χ0) is 34.4. The van der Waals surface area contributed by atoms with Crippen molar-refractivity contribution in [2.45, 2.75) is 124 Å². The van der Waals surface area contributed by atoms with Crippen LogP contribution in [-0.2, 0) is 4.79 Å². The SMILES string of the molecule is C=C(C)[C@@H]1CC[C@]2(NCCN3CCCC3=O)CC[C@]3(C)[C@H](CC[C@@H]4[C@@]5(C)CC=C(c6ccc(C(O)O)c(F)c6)C(C)(C)[C@@H]5CC[C@]43C)[C@@H]12. The topological polar surface area (TPSA) is 72.8 Å². The number of hydrogen-bond acceptors (Lipinski definition) is 4. The molecule has 9 atom stereocenters. The summed E-state index contributed by atoms with van der Waals surface area (Å²) in [6.07, 6.45) is 13.2. The molecular formula is C42H61FN2O3. The fourth-order valence-corrected chi connectivity index (χ4v) is 13.8. The Morgan fingerprint density at radius 2 is 1.79 bits per heavy atom.